The van der Waals surface area contributed by atoms with Gasteiger partial charge in [0.25, 0.3) is 0 Å². The van der Waals surface area contributed by atoms with Gasteiger partial charge >= 0.3 is 0 Å². The van der Waals surface area contributed by atoms with Crippen LogP contribution < -0.4 is 4.74 Å². The lowest BCUT2D eigenvalue weighted by Crippen LogP contribution is -1.90. The molecule has 18 heavy (non-hydrogen) atoms. The maximum absolute atomic E-state index is 13.6. The highest BCUT2D eigenvalue weighted by atomic mass is 35.5. The molecular weight excluding hydrogens is 285 g/mol. The lowest BCUT2D eigenvalue weighted by Gasteiger charge is -2.08. The van der Waals surface area contributed by atoms with Crippen molar-refractivity contribution in [2.24, 2.45) is 0 Å². The topological polar surface area (TPSA) is 29.1 Å². The van der Waals surface area contributed by atoms with Crippen LogP contribution in [0.15, 0.2) is 30.3 Å². The van der Waals surface area contributed by atoms with Crippen LogP contribution in [0.1, 0.15) is 0 Å². The minimum atomic E-state index is -0.968. The fraction of sp³-hybridized carbons (Fsp3) is 0. The first-order chi connectivity index (χ1) is 8.49. The lowest BCUT2D eigenvalue weighted by atomic mass is 10.3. The number of ether oxygens (including phenoxy) is 1. The van der Waals surface area contributed by atoms with E-state index in [9.17, 15) is 13.9 Å². The highest BCUT2D eigenvalue weighted by Crippen LogP contribution is 2.37. The van der Waals surface area contributed by atoms with Crippen molar-refractivity contribution >= 4 is 23.2 Å². The second-order valence-electron chi connectivity index (χ2n) is 3.37. The van der Waals surface area contributed by atoms with Crippen LogP contribution in [0.3, 0.4) is 0 Å². The average molecular weight is 290 g/mol. The third-order valence-electron chi connectivity index (χ3n) is 2.12. The Morgan fingerprint density at radius 3 is 2.39 bits per heavy atom. The minimum Gasteiger partial charge on any atom is -0.450 e. The Hall–Kier alpha value is -1.52. The van der Waals surface area contributed by atoms with Crippen LogP contribution in [0.2, 0.25) is 10.0 Å². The lowest BCUT2D eigenvalue weighted by molar-refractivity contribution is 0.320. The zero-order valence-electron chi connectivity index (χ0n) is 8.72. The van der Waals surface area contributed by atoms with Crippen LogP contribution in [-0.4, -0.2) is 0 Å². The summed E-state index contributed by atoms with van der Waals surface area (Å²) in [5.74, 6) is -2.79. The van der Waals surface area contributed by atoms with Crippen LogP contribution in [0.4, 0.5) is 8.78 Å². The molecule has 0 bridgehead atoms. The van der Waals surface area contributed by atoms with Crippen molar-refractivity contribution in [3.63, 3.8) is 0 Å². The molecule has 0 unspecified atom stereocenters. The van der Waals surface area contributed by atoms with Gasteiger partial charge in [0.1, 0.15) is 11.6 Å². The first kappa shape index (κ1) is 12.9. The van der Waals surface area contributed by atoms with E-state index in [4.69, 9.17) is 27.9 Å². The van der Waals surface area contributed by atoms with Crippen LogP contribution in [-0.2, 0) is 5.11 Å². The predicted molar refractivity (Wildman–Crippen MR) is 63.0 cm³/mol. The summed E-state index contributed by atoms with van der Waals surface area (Å²) in [6.45, 7) is 0. The van der Waals surface area contributed by atoms with Crippen LogP contribution in [0, 0.1) is 11.6 Å². The van der Waals surface area contributed by atoms with E-state index in [1.807, 2.05) is 0 Å². The van der Waals surface area contributed by atoms with Crippen molar-refractivity contribution in [1.82, 2.24) is 0 Å². The number of hydrogen-bond donors (Lipinski definition) is 0. The minimum absolute atomic E-state index is 0.0414. The summed E-state index contributed by atoms with van der Waals surface area (Å²) < 4.78 is 31.5. The van der Waals surface area contributed by atoms with Gasteiger partial charge in [0.2, 0.25) is 11.5 Å². The molecule has 2 rings (SSSR count). The van der Waals surface area contributed by atoms with Gasteiger partial charge in [-0.2, -0.15) is 0 Å². The zero-order chi connectivity index (χ0) is 13.3. The molecule has 0 aliphatic rings. The fourth-order valence-corrected chi connectivity index (χ4v) is 1.59. The molecule has 0 aliphatic heterocycles. The zero-order valence-corrected chi connectivity index (χ0v) is 10.2. The Kier molecular flexibility index (Phi) is 3.59. The third kappa shape index (κ3) is 2.49. The first-order valence-corrected chi connectivity index (χ1v) is 5.52. The van der Waals surface area contributed by atoms with E-state index in [1.54, 1.807) is 0 Å². The molecule has 2 aromatic carbocycles. The third-order valence-corrected chi connectivity index (χ3v) is 2.71. The second-order valence-corrected chi connectivity index (χ2v) is 4.18. The van der Waals surface area contributed by atoms with E-state index in [1.165, 1.54) is 6.07 Å². The van der Waals surface area contributed by atoms with E-state index in [-0.39, 0.29) is 15.8 Å². The average Bonchev–Trinajstić information content (AvgIpc) is 2.34. The quantitative estimate of drug-likeness (QED) is 0.746. The SMILES string of the molecule is [O]c1ccc(Cl)c(F)c1Oc1ccc(F)c(Cl)c1. The van der Waals surface area contributed by atoms with Crippen molar-refractivity contribution in [3.8, 4) is 17.2 Å². The fourth-order valence-electron chi connectivity index (χ4n) is 1.27. The standard InChI is InChI=1S/C12H5Cl2F2O2/c13-7-2-4-10(17)12(11(7)16)18-6-1-3-9(15)8(14)5-6/h1-5H. The predicted octanol–water partition coefficient (Wildman–Crippen LogP) is 5.21. The van der Waals surface area contributed by atoms with Gasteiger partial charge in [-0.25, -0.2) is 8.78 Å². The molecule has 0 aromatic heterocycles. The first-order valence-electron chi connectivity index (χ1n) is 4.77. The van der Waals surface area contributed by atoms with Crippen LogP contribution in [0.5, 0.6) is 17.2 Å². The molecule has 6 heteroatoms. The highest BCUT2D eigenvalue weighted by Gasteiger charge is 2.16. The van der Waals surface area contributed by atoms with Crippen molar-refractivity contribution in [2.45, 2.75) is 0 Å². The number of halogens is 4. The summed E-state index contributed by atoms with van der Waals surface area (Å²) >= 11 is 11.1. The summed E-state index contributed by atoms with van der Waals surface area (Å²) in [7, 11) is 0. The van der Waals surface area contributed by atoms with Gasteiger partial charge in [-0.15, -0.1) is 0 Å². The number of hydrogen-bond acceptors (Lipinski definition) is 1. The van der Waals surface area contributed by atoms with Crippen molar-refractivity contribution in [1.29, 1.82) is 0 Å². The molecule has 93 valence electrons. The Morgan fingerprint density at radius 1 is 1.00 bits per heavy atom. The maximum Gasteiger partial charge on any atom is 0.224 e. The molecule has 0 saturated heterocycles. The molecule has 0 fully saturated rings. The molecule has 0 aliphatic carbocycles. The molecular formula is C12H5Cl2F2O2. The number of rotatable bonds is 2. The van der Waals surface area contributed by atoms with E-state index < -0.39 is 23.1 Å². The van der Waals surface area contributed by atoms with E-state index in [2.05, 4.69) is 0 Å². The van der Waals surface area contributed by atoms with Gasteiger partial charge in [-0.1, -0.05) is 23.2 Å². The Balaban J connectivity index is 2.39. The summed E-state index contributed by atoms with van der Waals surface area (Å²) in [4.78, 5) is 0. The Labute approximate surface area is 111 Å². The van der Waals surface area contributed by atoms with Crippen molar-refractivity contribution in [2.75, 3.05) is 0 Å². The summed E-state index contributed by atoms with van der Waals surface area (Å²) in [5.41, 5.74) is 0. The number of benzene rings is 2. The summed E-state index contributed by atoms with van der Waals surface area (Å²) in [6, 6.07) is 5.61. The van der Waals surface area contributed by atoms with Crippen molar-refractivity contribution < 1.29 is 18.6 Å². The van der Waals surface area contributed by atoms with Gasteiger partial charge in [0.05, 0.1) is 10.0 Å². The van der Waals surface area contributed by atoms with E-state index in [0.29, 0.717) is 0 Å². The molecule has 2 aromatic rings. The van der Waals surface area contributed by atoms with Gasteiger partial charge in [0.15, 0.2) is 5.82 Å². The van der Waals surface area contributed by atoms with Crippen LogP contribution >= 0.6 is 23.2 Å². The Morgan fingerprint density at radius 2 is 1.72 bits per heavy atom. The summed E-state index contributed by atoms with van der Waals surface area (Å²) in [6.07, 6.45) is 0. The molecule has 0 saturated carbocycles. The van der Waals surface area contributed by atoms with Crippen LogP contribution in [0.25, 0.3) is 0 Å². The van der Waals surface area contributed by atoms with Gasteiger partial charge in [-0.05, 0) is 24.3 Å². The smallest absolute Gasteiger partial charge is 0.224 e. The summed E-state index contributed by atoms with van der Waals surface area (Å²) in [5, 5.41) is 11.0. The highest BCUT2D eigenvalue weighted by molar-refractivity contribution is 6.31. The Bertz CT molecular complexity index is 603. The molecule has 2 nitrogen and oxygen atoms in total. The normalized spacial score (nSPS) is 10.4. The molecule has 0 atom stereocenters. The molecule has 0 spiro atoms. The van der Waals surface area contributed by atoms with E-state index in [0.717, 1.165) is 24.3 Å². The van der Waals surface area contributed by atoms with Gasteiger partial charge in [0, 0.05) is 6.07 Å². The molecule has 1 radical (unpaired) electrons. The monoisotopic (exact) mass is 289 g/mol. The molecule has 0 heterocycles. The van der Waals surface area contributed by atoms with E-state index >= 15 is 0 Å². The van der Waals surface area contributed by atoms with Crippen molar-refractivity contribution in [3.05, 3.63) is 52.0 Å². The van der Waals surface area contributed by atoms with Gasteiger partial charge in [-0.3, -0.25) is 5.11 Å². The largest absolute Gasteiger partial charge is 0.450 e. The second kappa shape index (κ2) is 5.00. The molecule has 0 amide bonds. The van der Waals surface area contributed by atoms with Gasteiger partial charge < -0.3 is 4.74 Å². The molecule has 0 N–H and O–H groups in total. The maximum atomic E-state index is 13.6.